The van der Waals surface area contributed by atoms with Gasteiger partial charge in [-0.05, 0) is 25.5 Å². The van der Waals surface area contributed by atoms with Crippen molar-refractivity contribution in [3.05, 3.63) is 17.2 Å². The first-order valence-corrected chi connectivity index (χ1v) is 5.11. The number of halogens is 1. The van der Waals surface area contributed by atoms with Crippen molar-refractivity contribution in [2.24, 2.45) is 0 Å². The number of hydrogen-bond donors (Lipinski definition) is 1. The van der Waals surface area contributed by atoms with Crippen molar-refractivity contribution in [2.75, 3.05) is 5.75 Å². The molecule has 0 spiro atoms. The molecule has 0 atom stereocenters. The lowest BCUT2D eigenvalue weighted by Crippen LogP contribution is -1.99. The van der Waals surface area contributed by atoms with Gasteiger partial charge in [0.2, 0.25) is 0 Å². The molecule has 0 saturated carbocycles. The minimum absolute atomic E-state index is 0.638. The van der Waals surface area contributed by atoms with E-state index in [1.54, 1.807) is 6.33 Å². The topological polar surface area (TPSA) is 17.8 Å². The predicted molar refractivity (Wildman–Crippen MR) is 55.1 cm³/mol. The molecular weight excluding hydrogens is 192 g/mol. The van der Waals surface area contributed by atoms with Crippen molar-refractivity contribution in [1.82, 2.24) is 9.55 Å². The maximum atomic E-state index is 5.90. The zero-order chi connectivity index (χ0) is 8.97. The molecule has 0 unspecified atom stereocenters. The van der Waals surface area contributed by atoms with Crippen LogP contribution in [0.1, 0.15) is 19.0 Å². The SMILES string of the molecule is CCn1cnc(Cl)c1CCCS. The highest BCUT2D eigenvalue weighted by atomic mass is 35.5. The second kappa shape index (κ2) is 4.77. The summed E-state index contributed by atoms with van der Waals surface area (Å²) in [6, 6.07) is 0. The number of hydrogen-bond acceptors (Lipinski definition) is 2. The van der Waals surface area contributed by atoms with Crippen LogP contribution in [0, 0.1) is 0 Å². The highest BCUT2D eigenvalue weighted by Gasteiger charge is 2.06. The maximum absolute atomic E-state index is 5.90. The van der Waals surface area contributed by atoms with Crippen LogP contribution in [-0.2, 0) is 13.0 Å². The van der Waals surface area contributed by atoms with Gasteiger partial charge in [0.05, 0.1) is 12.0 Å². The standard InChI is InChI=1S/C8H13ClN2S/c1-2-11-6-10-8(9)7(11)4-3-5-12/h6,12H,2-5H2,1H3. The second-order valence-corrected chi connectivity index (χ2v) is 3.40. The van der Waals surface area contributed by atoms with Gasteiger partial charge in [0.25, 0.3) is 0 Å². The molecule has 0 fully saturated rings. The molecule has 0 amide bonds. The van der Waals surface area contributed by atoms with E-state index in [1.807, 2.05) is 0 Å². The summed E-state index contributed by atoms with van der Waals surface area (Å²) < 4.78 is 2.08. The van der Waals surface area contributed by atoms with Gasteiger partial charge >= 0.3 is 0 Å². The summed E-state index contributed by atoms with van der Waals surface area (Å²) in [5.41, 5.74) is 1.13. The molecule has 4 heteroatoms. The third-order valence-electron chi connectivity index (χ3n) is 1.81. The fourth-order valence-corrected chi connectivity index (χ4v) is 1.55. The Kier molecular flexibility index (Phi) is 3.95. The minimum atomic E-state index is 0.638. The van der Waals surface area contributed by atoms with Crippen molar-refractivity contribution in [2.45, 2.75) is 26.3 Å². The number of thiol groups is 1. The molecule has 1 aromatic rings. The van der Waals surface area contributed by atoms with Crippen LogP contribution in [0.15, 0.2) is 6.33 Å². The quantitative estimate of drug-likeness (QED) is 0.746. The summed E-state index contributed by atoms with van der Waals surface area (Å²) in [7, 11) is 0. The van der Waals surface area contributed by atoms with Crippen LogP contribution >= 0.6 is 24.2 Å². The van der Waals surface area contributed by atoms with E-state index < -0.39 is 0 Å². The van der Waals surface area contributed by atoms with Crippen LogP contribution in [0.3, 0.4) is 0 Å². The van der Waals surface area contributed by atoms with E-state index in [-0.39, 0.29) is 0 Å². The molecular formula is C8H13ClN2S. The molecule has 0 saturated heterocycles. The first-order valence-electron chi connectivity index (χ1n) is 4.10. The van der Waals surface area contributed by atoms with Crippen molar-refractivity contribution >= 4 is 24.2 Å². The first kappa shape index (κ1) is 9.93. The van der Waals surface area contributed by atoms with E-state index in [4.69, 9.17) is 11.6 Å². The summed E-state index contributed by atoms with van der Waals surface area (Å²) in [6.45, 7) is 3.02. The summed E-state index contributed by atoms with van der Waals surface area (Å²) >= 11 is 10.1. The van der Waals surface area contributed by atoms with E-state index in [0.29, 0.717) is 5.15 Å². The molecule has 1 rings (SSSR count). The summed E-state index contributed by atoms with van der Waals surface area (Å²) in [4.78, 5) is 4.04. The van der Waals surface area contributed by atoms with Gasteiger partial charge in [0.1, 0.15) is 5.15 Å². The van der Waals surface area contributed by atoms with Gasteiger partial charge < -0.3 is 4.57 Å². The van der Waals surface area contributed by atoms with Crippen LogP contribution in [0.25, 0.3) is 0 Å². The predicted octanol–water partition coefficient (Wildman–Crippen LogP) is 2.42. The summed E-state index contributed by atoms with van der Waals surface area (Å²) in [5.74, 6) is 0.894. The number of aryl methyl sites for hydroxylation is 1. The van der Waals surface area contributed by atoms with Crippen LogP contribution in [0.4, 0.5) is 0 Å². The molecule has 1 heterocycles. The molecule has 0 aliphatic carbocycles. The fraction of sp³-hybridized carbons (Fsp3) is 0.625. The van der Waals surface area contributed by atoms with Gasteiger partial charge in [-0.25, -0.2) is 4.98 Å². The molecule has 0 radical (unpaired) electrons. The van der Waals surface area contributed by atoms with Crippen LogP contribution < -0.4 is 0 Å². The van der Waals surface area contributed by atoms with Crippen molar-refractivity contribution in [3.63, 3.8) is 0 Å². The van der Waals surface area contributed by atoms with Gasteiger partial charge in [-0.3, -0.25) is 0 Å². The van der Waals surface area contributed by atoms with Crippen molar-refractivity contribution < 1.29 is 0 Å². The molecule has 1 aromatic heterocycles. The van der Waals surface area contributed by atoms with Crippen LogP contribution in [-0.4, -0.2) is 15.3 Å². The van der Waals surface area contributed by atoms with E-state index in [1.165, 1.54) is 0 Å². The summed E-state index contributed by atoms with van der Waals surface area (Å²) in [5, 5.41) is 0.638. The van der Waals surface area contributed by atoms with Crippen LogP contribution in [0.2, 0.25) is 5.15 Å². The third-order valence-corrected chi connectivity index (χ3v) is 2.44. The van der Waals surface area contributed by atoms with Crippen molar-refractivity contribution in [3.8, 4) is 0 Å². The molecule has 0 aromatic carbocycles. The fourth-order valence-electron chi connectivity index (χ4n) is 1.15. The molecule has 68 valence electrons. The average Bonchev–Trinajstić information content (AvgIpc) is 2.43. The Balaban J connectivity index is 2.72. The monoisotopic (exact) mass is 204 g/mol. The maximum Gasteiger partial charge on any atom is 0.150 e. The normalized spacial score (nSPS) is 10.6. The number of imidazole rings is 1. The molecule has 12 heavy (non-hydrogen) atoms. The molecule has 2 nitrogen and oxygen atoms in total. The lowest BCUT2D eigenvalue weighted by Gasteiger charge is -2.03. The van der Waals surface area contributed by atoms with E-state index >= 15 is 0 Å². The Bertz CT molecular complexity index is 247. The van der Waals surface area contributed by atoms with Gasteiger partial charge in [0, 0.05) is 6.54 Å². The highest BCUT2D eigenvalue weighted by molar-refractivity contribution is 7.80. The molecule has 0 aliphatic rings. The number of aromatic nitrogens is 2. The highest BCUT2D eigenvalue weighted by Crippen LogP contribution is 2.15. The lowest BCUT2D eigenvalue weighted by atomic mass is 10.2. The zero-order valence-corrected chi connectivity index (χ0v) is 8.78. The zero-order valence-electron chi connectivity index (χ0n) is 7.13. The molecule has 0 bridgehead atoms. The Morgan fingerprint density at radius 1 is 1.67 bits per heavy atom. The van der Waals surface area contributed by atoms with E-state index in [0.717, 1.165) is 30.8 Å². The van der Waals surface area contributed by atoms with Gasteiger partial charge in [-0.2, -0.15) is 12.6 Å². The van der Waals surface area contributed by atoms with E-state index in [9.17, 15) is 0 Å². The first-order chi connectivity index (χ1) is 5.79. The molecule has 0 N–H and O–H groups in total. The Hall–Kier alpha value is -0.150. The second-order valence-electron chi connectivity index (χ2n) is 2.60. The van der Waals surface area contributed by atoms with Crippen molar-refractivity contribution in [1.29, 1.82) is 0 Å². The van der Waals surface area contributed by atoms with E-state index in [2.05, 4.69) is 29.1 Å². The number of nitrogens with zero attached hydrogens (tertiary/aromatic N) is 2. The Labute approximate surface area is 83.4 Å². The summed E-state index contributed by atoms with van der Waals surface area (Å²) in [6.07, 6.45) is 3.81. The average molecular weight is 205 g/mol. The Morgan fingerprint density at radius 2 is 2.42 bits per heavy atom. The largest absolute Gasteiger partial charge is 0.333 e. The number of rotatable bonds is 4. The smallest absolute Gasteiger partial charge is 0.150 e. The third kappa shape index (κ3) is 2.17. The van der Waals surface area contributed by atoms with Gasteiger partial charge in [0.15, 0.2) is 0 Å². The Morgan fingerprint density at radius 3 is 3.00 bits per heavy atom. The molecule has 0 aliphatic heterocycles. The van der Waals surface area contributed by atoms with Gasteiger partial charge in [-0.15, -0.1) is 0 Å². The van der Waals surface area contributed by atoms with Gasteiger partial charge in [-0.1, -0.05) is 11.6 Å². The minimum Gasteiger partial charge on any atom is -0.333 e. The van der Waals surface area contributed by atoms with Crippen LogP contribution in [0.5, 0.6) is 0 Å². The lowest BCUT2D eigenvalue weighted by molar-refractivity contribution is 0.700.